The van der Waals surface area contributed by atoms with E-state index in [9.17, 15) is 9.59 Å². The Hall–Kier alpha value is -3.21. The largest absolute Gasteiger partial charge is 0.326 e. The Balaban J connectivity index is 1.67. The maximum Gasteiger partial charge on any atom is 0.273 e. The fourth-order valence-corrected chi connectivity index (χ4v) is 4.64. The first-order valence-corrected chi connectivity index (χ1v) is 10.9. The average molecular weight is 416 g/mol. The number of para-hydroxylation sites is 2. The number of nitrogens with zero attached hydrogens (tertiary/aromatic N) is 2. The van der Waals surface area contributed by atoms with Crippen LogP contribution in [-0.2, 0) is 4.79 Å². The lowest BCUT2D eigenvalue weighted by atomic mass is 9.79. The van der Waals surface area contributed by atoms with E-state index in [1.54, 1.807) is 18.0 Å². The predicted octanol–water partition coefficient (Wildman–Crippen LogP) is 5.27. The molecule has 1 saturated carbocycles. The van der Waals surface area contributed by atoms with Gasteiger partial charge in [0.15, 0.2) is 0 Å². The van der Waals surface area contributed by atoms with Gasteiger partial charge in [-0.3, -0.25) is 9.59 Å². The van der Waals surface area contributed by atoms with Crippen molar-refractivity contribution in [2.45, 2.75) is 51.5 Å². The third kappa shape index (κ3) is 3.92. The molecule has 0 bridgehead atoms. The van der Waals surface area contributed by atoms with Crippen molar-refractivity contribution in [3.8, 4) is 0 Å². The second-order valence-electron chi connectivity index (χ2n) is 8.57. The number of anilines is 1. The number of pyridine rings is 1. The molecule has 1 N–H and O–H groups in total. The summed E-state index contributed by atoms with van der Waals surface area (Å²) in [5.74, 6) is -0.328. The van der Waals surface area contributed by atoms with Gasteiger partial charge in [0.25, 0.3) is 5.91 Å². The first-order valence-electron chi connectivity index (χ1n) is 10.9. The number of carbonyl (C=O) groups excluding carboxylic acids is 2. The van der Waals surface area contributed by atoms with Gasteiger partial charge < -0.3 is 10.2 Å². The molecule has 160 valence electrons. The molecule has 1 fully saturated rings. The summed E-state index contributed by atoms with van der Waals surface area (Å²) in [6, 6.07) is 17.4. The Morgan fingerprint density at radius 3 is 2.29 bits per heavy atom. The highest BCUT2D eigenvalue weighted by Crippen LogP contribution is 2.36. The van der Waals surface area contributed by atoms with E-state index in [0.717, 1.165) is 47.0 Å². The maximum atomic E-state index is 13.7. The van der Waals surface area contributed by atoms with E-state index in [4.69, 9.17) is 0 Å². The number of fused-ring (bicyclic) bond motifs is 1. The van der Waals surface area contributed by atoms with Gasteiger partial charge >= 0.3 is 0 Å². The van der Waals surface area contributed by atoms with Crippen LogP contribution in [0.15, 0.2) is 54.6 Å². The van der Waals surface area contributed by atoms with Gasteiger partial charge in [0.2, 0.25) is 5.91 Å². The number of hydrogen-bond acceptors (Lipinski definition) is 3. The molecule has 31 heavy (non-hydrogen) atoms. The summed E-state index contributed by atoms with van der Waals surface area (Å²) in [5, 5.41) is 4.14. The average Bonchev–Trinajstić information content (AvgIpc) is 2.80. The van der Waals surface area contributed by atoms with Crippen molar-refractivity contribution in [3.63, 3.8) is 0 Å². The Labute approximate surface area is 183 Å². The van der Waals surface area contributed by atoms with Gasteiger partial charge in [0.05, 0.1) is 5.52 Å². The highest BCUT2D eigenvalue weighted by atomic mass is 16.2. The second-order valence-corrected chi connectivity index (χ2v) is 8.57. The Kier molecular flexibility index (Phi) is 5.77. The van der Waals surface area contributed by atoms with Crippen LogP contribution in [0.5, 0.6) is 0 Å². The number of benzene rings is 2. The predicted molar refractivity (Wildman–Crippen MR) is 124 cm³/mol. The summed E-state index contributed by atoms with van der Waals surface area (Å²) < 4.78 is 0. The second kappa shape index (κ2) is 8.50. The van der Waals surface area contributed by atoms with Crippen molar-refractivity contribution in [1.29, 1.82) is 0 Å². The maximum absolute atomic E-state index is 13.7. The molecule has 1 heterocycles. The number of aryl methyl sites for hydroxylation is 2. The van der Waals surface area contributed by atoms with Gasteiger partial charge in [-0.15, -0.1) is 0 Å². The lowest BCUT2D eigenvalue weighted by molar-refractivity contribution is -0.128. The van der Waals surface area contributed by atoms with Crippen LogP contribution < -0.4 is 5.32 Å². The zero-order chi connectivity index (χ0) is 22.0. The number of nitrogens with one attached hydrogen (secondary N) is 1. The summed E-state index contributed by atoms with van der Waals surface area (Å²) in [4.78, 5) is 33.3. The molecular formula is C26H29N3O2. The van der Waals surface area contributed by atoms with Gasteiger partial charge in [-0.25, -0.2) is 4.98 Å². The van der Waals surface area contributed by atoms with E-state index < -0.39 is 5.54 Å². The molecule has 2 amide bonds. The molecule has 0 radical (unpaired) electrons. The molecule has 1 aromatic heterocycles. The van der Waals surface area contributed by atoms with Crippen LogP contribution in [0.2, 0.25) is 0 Å². The molecule has 0 atom stereocenters. The topological polar surface area (TPSA) is 62.3 Å². The quantitative estimate of drug-likeness (QED) is 0.632. The van der Waals surface area contributed by atoms with Crippen molar-refractivity contribution in [1.82, 2.24) is 9.88 Å². The summed E-state index contributed by atoms with van der Waals surface area (Å²) in [7, 11) is 1.74. The van der Waals surface area contributed by atoms with E-state index in [0.29, 0.717) is 18.5 Å². The van der Waals surface area contributed by atoms with Gasteiger partial charge in [0, 0.05) is 18.1 Å². The lowest BCUT2D eigenvalue weighted by Crippen LogP contribution is -2.58. The van der Waals surface area contributed by atoms with Gasteiger partial charge in [-0.1, -0.05) is 61.7 Å². The minimum Gasteiger partial charge on any atom is -0.326 e. The normalized spacial score (nSPS) is 15.5. The highest BCUT2D eigenvalue weighted by molar-refractivity contribution is 6.04. The van der Waals surface area contributed by atoms with Crippen LogP contribution in [0.4, 0.5) is 5.69 Å². The van der Waals surface area contributed by atoms with Gasteiger partial charge in [0.1, 0.15) is 11.2 Å². The Morgan fingerprint density at radius 1 is 0.903 bits per heavy atom. The molecule has 3 aromatic rings. The number of hydrogen-bond donors (Lipinski definition) is 1. The molecule has 5 heteroatoms. The number of likely N-dealkylation sites (N-methyl/N-ethyl adjacent to an activating group) is 1. The van der Waals surface area contributed by atoms with E-state index in [2.05, 4.69) is 10.3 Å². The number of amides is 2. The van der Waals surface area contributed by atoms with Crippen LogP contribution in [0, 0.1) is 13.8 Å². The Bertz CT molecular complexity index is 1110. The van der Waals surface area contributed by atoms with Crippen molar-refractivity contribution in [3.05, 3.63) is 71.4 Å². The smallest absolute Gasteiger partial charge is 0.273 e. The van der Waals surface area contributed by atoms with E-state index in [-0.39, 0.29) is 11.8 Å². The number of rotatable bonds is 4. The molecule has 1 aliphatic carbocycles. The Morgan fingerprint density at radius 2 is 1.58 bits per heavy atom. The number of carbonyl (C=O) groups is 2. The molecule has 2 aromatic carbocycles. The molecule has 4 rings (SSSR count). The summed E-state index contributed by atoms with van der Waals surface area (Å²) in [6.07, 6.45) is 4.22. The summed E-state index contributed by atoms with van der Waals surface area (Å²) >= 11 is 0. The summed E-state index contributed by atoms with van der Waals surface area (Å²) in [5.41, 5.74) is 3.14. The van der Waals surface area contributed by atoms with E-state index >= 15 is 0 Å². The van der Waals surface area contributed by atoms with Crippen LogP contribution in [-0.4, -0.2) is 34.3 Å². The SMILES string of the molecule is Cc1cccc(C)c1NC(=O)C1(N(C)C(=O)c2ccc3ccccc3n2)CCCCC1. The fourth-order valence-electron chi connectivity index (χ4n) is 4.64. The van der Waals surface area contributed by atoms with Crippen molar-refractivity contribution in [2.24, 2.45) is 0 Å². The van der Waals surface area contributed by atoms with Crippen molar-refractivity contribution in [2.75, 3.05) is 12.4 Å². The molecule has 0 saturated heterocycles. The minimum atomic E-state index is -0.878. The van der Waals surface area contributed by atoms with Crippen LogP contribution in [0.25, 0.3) is 10.9 Å². The third-order valence-corrected chi connectivity index (χ3v) is 6.59. The molecule has 0 aliphatic heterocycles. The highest BCUT2D eigenvalue weighted by Gasteiger charge is 2.45. The summed E-state index contributed by atoms with van der Waals surface area (Å²) in [6.45, 7) is 3.98. The van der Waals surface area contributed by atoms with Crippen LogP contribution in [0.1, 0.15) is 53.7 Å². The standard InChI is InChI=1S/C26H29N3O2/c1-18-10-9-11-19(2)23(18)28-25(31)26(16-7-4-8-17-26)29(3)24(30)22-15-14-20-12-5-6-13-21(20)27-22/h5-6,9-15H,4,7-8,16-17H2,1-3H3,(H,28,31). The first kappa shape index (κ1) is 21.0. The molecule has 0 unspecified atom stereocenters. The zero-order valence-corrected chi connectivity index (χ0v) is 18.4. The van der Waals surface area contributed by atoms with E-state index in [1.807, 2.05) is 62.4 Å². The lowest BCUT2D eigenvalue weighted by Gasteiger charge is -2.43. The molecular weight excluding hydrogens is 386 g/mol. The van der Waals surface area contributed by atoms with E-state index in [1.165, 1.54) is 0 Å². The van der Waals surface area contributed by atoms with Gasteiger partial charge in [-0.2, -0.15) is 0 Å². The van der Waals surface area contributed by atoms with Crippen LogP contribution >= 0.6 is 0 Å². The fraction of sp³-hybridized carbons (Fsp3) is 0.346. The first-order chi connectivity index (χ1) is 14.9. The van der Waals surface area contributed by atoms with Gasteiger partial charge in [-0.05, 0) is 49.9 Å². The molecule has 5 nitrogen and oxygen atoms in total. The van der Waals surface area contributed by atoms with Crippen molar-refractivity contribution >= 4 is 28.4 Å². The zero-order valence-electron chi connectivity index (χ0n) is 18.4. The molecule has 0 spiro atoms. The van der Waals surface area contributed by atoms with Crippen molar-refractivity contribution < 1.29 is 9.59 Å². The molecule has 1 aliphatic rings. The number of aromatic nitrogens is 1. The third-order valence-electron chi connectivity index (χ3n) is 6.59. The van der Waals surface area contributed by atoms with Crippen LogP contribution in [0.3, 0.4) is 0 Å². The minimum absolute atomic E-state index is 0.110. The monoisotopic (exact) mass is 415 g/mol.